The van der Waals surface area contributed by atoms with Crippen LogP contribution < -0.4 is 0 Å². The Morgan fingerprint density at radius 2 is 2.09 bits per heavy atom. The molecule has 3 heterocycles. The zero-order valence-corrected chi connectivity index (χ0v) is 13.2. The van der Waals surface area contributed by atoms with Crippen LogP contribution in [0.25, 0.3) is 10.6 Å². The third kappa shape index (κ3) is 2.57. The largest absolute Gasteiger partial charge is 0.447 e. The van der Waals surface area contributed by atoms with Crippen molar-refractivity contribution in [1.82, 2.24) is 14.8 Å². The molecule has 0 aliphatic carbocycles. The summed E-state index contributed by atoms with van der Waals surface area (Å²) in [6.45, 7) is 1.89. The molecule has 1 aromatic carbocycles. The van der Waals surface area contributed by atoms with Crippen molar-refractivity contribution >= 4 is 23.3 Å². The summed E-state index contributed by atoms with van der Waals surface area (Å²) in [7, 11) is 0. The number of amides is 2. The fourth-order valence-electron chi connectivity index (χ4n) is 2.92. The van der Waals surface area contributed by atoms with Gasteiger partial charge in [0.05, 0.1) is 6.04 Å². The summed E-state index contributed by atoms with van der Waals surface area (Å²) in [4.78, 5) is 32.1. The molecule has 0 radical (unpaired) electrons. The van der Waals surface area contributed by atoms with Gasteiger partial charge in [0.25, 0.3) is 5.91 Å². The number of fused-ring (bicyclic) bond motifs is 1. The van der Waals surface area contributed by atoms with E-state index < -0.39 is 0 Å². The summed E-state index contributed by atoms with van der Waals surface area (Å²) in [6, 6.07) is 9.78. The first kappa shape index (κ1) is 14.2. The number of hydrogen-bond acceptors (Lipinski definition) is 5. The topological polar surface area (TPSA) is 62.7 Å². The maximum atomic E-state index is 12.6. The van der Waals surface area contributed by atoms with Crippen LogP contribution in [-0.4, -0.2) is 59.1 Å². The Labute approximate surface area is 137 Å². The van der Waals surface area contributed by atoms with Gasteiger partial charge in [-0.1, -0.05) is 30.3 Å². The minimum atomic E-state index is -0.276. The second kappa shape index (κ2) is 5.66. The SMILES string of the molecule is O=C(c1csc(-c2ccccc2)n1)N1CCN2C(=O)OC[C@H]2C1. The van der Waals surface area contributed by atoms with Gasteiger partial charge in [0.2, 0.25) is 0 Å². The zero-order valence-electron chi connectivity index (χ0n) is 12.3. The van der Waals surface area contributed by atoms with Crippen LogP contribution >= 0.6 is 11.3 Å². The van der Waals surface area contributed by atoms with E-state index in [9.17, 15) is 9.59 Å². The van der Waals surface area contributed by atoms with Crippen LogP contribution in [0.4, 0.5) is 4.79 Å². The van der Waals surface area contributed by atoms with Crippen molar-refractivity contribution < 1.29 is 14.3 Å². The van der Waals surface area contributed by atoms with Crippen molar-refractivity contribution in [3.8, 4) is 10.6 Å². The number of ether oxygens (including phenoxy) is 1. The Bertz CT molecular complexity index is 746. The molecule has 2 amide bonds. The number of rotatable bonds is 2. The van der Waals surface area contributed by atoms with Crippen LogP contribution in [0.15, 0.2) is 35.7 Å². The highest BCUT2D eigenvalue weighted by Gasteiger charge is 2.39. The summed E-state index contributed by atoms with van der Waals surface area (Å²) in [5, 5.41) is 2.64. The summed E-state index contributed by atoms with van der Waals surface area (Å²) in [6.07, 6.45) is -0.276. The first-order valence-corrected chi connectivity index (χ1v) is 8.34. The molecule has 0 unspecified atom stereocenters. The summed E-state index contributed by atoms with van der Waals surface area (Å²) in [5.41, 5.74) is 1.48. The van der Waals surface area contributed by atoms with Crippen molar-refractivity contribution in [2.75, 3.05) is 26.2 Å². The van der Waals surface area contributed by atoms with E-state index in [2.05, 4.69) is 4.98 Å². The highest BCUT2D eigenvalue weighted by molar-refractivity contribution is 7.13. The summed E-state index contributed by atoms with van der Waals surface area (Å²) >= 11 is 1.47. The highest BCUT2D eigenvalue weighted by atomic mass is 32.1. The fraction of sp³-hybridized carbons (Fsp3) is 0.312. The lowest BCUT2D eigenvalue weighted by atomic mass is 10.2. The molecule has 4 rings (SSSR count). The van der Waals surface area contributed by atoms with Crippen LogP contribution in [0, 0.1) is 0 Å². The molecule has 2 aliphatic heterocycles. The monoisotopic (exact) mass is 329 g/mol. The zero-order chi connectivity index (χ0) is 15.8. The molecule has 1 atom stereocenters. The number of benzene rings is 1. The molecule has 7 heteroatoms. The van der Waals surface area contributed by atoms with Gasteiger partial charge in [-0.05, 0) is 0 Å². The van der Waals surface area contributed by atoms with Crippen molar-refractivity contribution in [3.05, 3.63) is 41.4 Å². The van der Waals surface area contributed by atoms with Crippen LogP contribution in [0.5, 0.6) is 0 Å². The molecule has 23 heavy (non-hydrogen) atoms. The van der Waals surface area contributed by atoms with Gasteiger partial charge in [-0.2, -0.15) is 0 Å². The molecule has 0 bridgehead atoms. The van der Waals surface area contributed by atoms with E-state index in [0.717, 1.165) is 10.6 Å². The predicted molar refractivity (Wildman–Crippen MR) is 85.3 cm³/mol. The number of thiazole rings is 1. The summed E-state index contributed by atoms with van der Waals surface area (Å²) < 4.78 is 5.03. The molecule has 2 aliphatic rings. The smallest absolute Gasteiger partial charge is 0.410 e. The van der Waals surface area contributed by atoms with Crippen molar-refractivity contribution in [2.45, 2.75) is 6.04 Å². The van der Waals surface area contributed by atoms with E-state index in [1.165, 1.54) is 11.3 Å². The number of carbonyl (C=O) groups is 2. The number of aromatic nitrogens is 1. The van der Waals surface area contributed by atoms with Gasteiger partial charge in [0, 0.05) is 30.6 Å². The second-order valence-electron chi connectivity index (χ2n) is 5.58. The third-order valence-electron chi connectivity index (χ3n) is 4.15. The molecule has 2 aromatic rings. The lowest BCUT2D eigenvalue weighted by molar-refractivity contribution is 0.0612. The number of piperazine rings is 1. The quantitative estimate of drug-likeness (QED) is 0.846. The van der Waals surface area contributed by atoms with Crippen molar-refractivity contribution in [1.29, 1.82) is 0 Å². The summed E-state index contributed by atoms with van der Waals surface area (Å²) in [5.74, 6) is -0.0811. The van der Waals surface area contributed by atoms with Crippen LogP contribution in [0.1, 0.15) is 10.5 Å². The van der Waals surface area contributed by atoms with Gasteiger partial charge in [-0.3, -0.25) is 9.69 Å². The fourth-order valence-corrected chi connectivity index (χ4v) is 3.72. The van der Waals surface area contributed by atoms with Crippen LogP contribution in [-0.2, 0) is 4.74 Å². The number of carbonyl (C=O) groups excluding carboxylic acids is 2. The van der Waals surface area contributed by atoms with Gasteiger partial charge in [-0.15, -0.1) is 11.3 Å². The number of nitrogens with zero attached hydrogens (tertiary/aromatic N) is 3. The Balaban J connectivity index is 1.50. The highest BCUT2D eigenvalue weighted by Crippen LogP contribution is 2.25. The van der Waals surface area contributed by atoms with Crippen molar-refractivity contribution in [2.24, 2.45) is 0 Å². The van der Waals surface area contributed by atoms with E-state index in [4.69, 9.17) is 4.74 Å². The molecule has 2 saturated heterocycles. The number of hydrogen-bond donors (Lipinski definition) is 0. The van der Waals surface area contributed by atoms with Crippen LogP contribution in [0.2, 0.25) is 0 Å². The van der Waals surface area contributed by atoms with Gasteiger partial charge in [0.1, 0.15) is 17.3 Å². The third-order valence-corrected chi connectivity index (χ3v) is 5.04. The molecular formula is C16H15N3O3S. The average molecular weight is 329 g/mol. The molecule has 0 saturated carbocycles. The van der Waals surface area contributed by atoms with E-state index in [1.807, 2.05) is 30.3 Å². The lowest BCUT2D eigenvalue weighted by Crippen LogP contribution is -2.53. The minimum absolute atomic E-state index is 0.0348. The molecule has 2 fully saturated rings. The standard InChI is InChI=1S/C16H15N3O3S/c20-15(18-6-7-19-12(8-18)9-22-16(19)21)13-10-23-14(17-13)11-4-2-1-3-5-11/h1-5,10,12H,6-9H2/t12-/m1/s1. The maximum Gasteiger partial charge on any atom is 0.410 e. The Morgan fingerprint density at radius 3 is 2.91 bits per heavy atom. The Hall–Kier alpha value is -2.41. The Morgan fingerprint density at radius 1 is 1.26 bits per heavy atom. The maximum absolute atomic E-state index is 12.6. The van der Waals surface area contributed by atoms with Gasteiger partial charge < -0.3 is 9.64 Å². The van der Waals surface area contributed by atoms with Crippen LogP contribution in [0.3, 0.4) is 0 Å². The lowest BCUT2D eigenvalue weighted by Gasteiger charge is -2.34. The molecule has 118 valence electrons. The molecule has 0 N–H and O–H groups in total. The molecule has 0 spiro atoms. The molecule has 1 aromatic heterocycles. The van der Waals surface area contributed by atoms with E-state index in [1.54, 1.807) is 15.2 Å². The normalized spacial score (nSPS) is 20.3. The Kier molecular flexibility index (Phi) is 3.49. The van der Waals surface area contributed by atoms with E-state index in [0.29, 0.717) is 31.9 Å². The minimum Gasteiger partial charge on any atom is -0.447 e. The van der Waals surface area contributed by atoms with E-state index >= 15 is 0 Å². The first-order valence-electron chi connectivity index (χ1n) is 7.46. The second-order valence-corrected chi connectivity index (χ2v) is 6.44. The van der Waals surface area contributed by atoms with E-state index in [-0.39, 0.29) is 18.0 Å². The van der Waals surface area contributed by atoms with Crippen molar-refractivity contribution in [3.63, 3.8) is 0 Å². The molecular weight excluding hydrogens is 314 g/mol. The van der Waals surface area contributed by atoms with Gasteiger partial charge in [0.15, 0.2) is 0 Å². The number of cyclic esters (lactones) is 1. The van der Waals surface area contributed by atoms with Gasteiger partial charge in [-0.25, -0.2) is 9.78 Å². The molecule has 6 nitrogen and oxygen atoms in total. The first-order chi connectivity index (χ1) is 11.2. The predicted octanol–water partition coefficient (Wildman–Crippen LogP) is 2.09. The van der Waals surface area contributed by atoms with Gasteiger partial charge >= 0.3 is 6.09 Å². The average Bonchev–Trinajstić information content (AvgIpc) is 3.22.